The van der Waals surface area contributed by atoms with Gasteiger partial charge in [-0.1, -0.05) is 0 Å². The van der Waals surface area contributed by atoms with E-state index in [0.717, 1.165) is 0 Å². The average Bonchev–Trinajstić information content (AvgIpc) is 2.79. The van der Waals surface area contributed by atoms with Crippen LogP contribution in [0.5, 0.6) is 0 Å². The molecule has 0 amide bonds. The van der Waals surface area contributed by atoms with Gasteiger partial charge >= 0.3 is 13.8 Å². The third-order valence-electron chi connectivity index (χ3n) is 2.85. The van der Waals surface area contributed by atoms with E-state index in [4.69, 9.17) is 34.2 Å². The van der Waals surface area contributed by atoms with Gasteiger partial charge in [-0.15, -0.1) is 0 Å². The maximum Gasteiger partial charge on any atom is 0.525 e. The number of ether oxygens (including phenoxy) is 3. The summed E-state index contributed by atoms with van der Waals surface area (Å²) in [5.74, 6) is -2.72. The number of carbonyl (C=O) groups excluding carboxylic acids is 1. The van der Waals surface area contributed by atoms with E-state index < -0.39 is 69.0 Å². The van der Waals surface area contributed by atoms with Crippen molar-refractivity contribution < 1.29 is 58.3 Å². The van der Waals surface area contributed by atoms with Crippen molar-refractivity contribution >= 4 is 13.8 Å². The zero-order valence-corrected chi connectivity index (χ0v) is 15.0. The first-order chi connectivity index (χ1) is 11.8. The van der Waals surface area contributed by atoms with E-state index in [1.54, 1.807) is 0 Å². The summed E-state index contributed by atoms with van der Waals surface area (Å²) in [6.07, 6.45) is -4.24. The molecule has 1 aliphatic heterocycles. The predicted octanol–water partition coefficient (Wildman–Crippen LogP) is -2.25. The molecule has 0 saturated heterocycles. The van der Waals surface area contributed by atoms with E-state index in [-0.39, 0.29) is 6.61 Å². The van der Waals surface area contributed by atoms with Crippen LogP contribution in [0.2, 0.25) is 0 Å². The molecule has 12 nitrogen and oxygen atoms in total. The highest BCUT2D eigenvalue weighted by atomic mass is 31.2. The van der Waals surface area contributed by atoms with Crippen LogP contribution in [0.4, 0.5) is 0 Å². The first-order valence-electron chi connectivity index (χ1n) is 7.44. The molecule has 1 unspecified atom stereocenters. The van der Waals surface area contributed by atoms with Gasteiger partial charge in [0.15, 0.2) is 11.9 Å². The minimum Gasteiger partial charge on any atom is -0.487 e. The van der Waals surface area contributed by atoms with E-state index in [9.17, 15) is 19.6 Å². The Balaban J connectivity index is 2.93. The Morgan fingerprint density at radius 1 is 1.27 bits per heavy atom. The van der Waals surface area contributed by atoms with Crippen molar-refractivity contribution in [1.82, 2.24) is 0 Å². The Morgan fingerprint density at radius 3 is 2.38 bits per heavy atom. The lowest BCUT2D eigenvalue weighted by atomic mass is 10.1. The lowest BCUT2D eigenvalue weighted by Crippen LogP contribution is -2.36. The number of hydrogen-bond donors (Lipinski definition) is 6. The van der Waals surface area contributed by atoms with Crippen molar-refractivity contribution in [3.63, 3.8) is 0 Å². The number of carbonyl (C=O) groups is 1. The standard InChI is InChI=1S/C13H23O12P/c1-13(2,18)6-23-10-9(8(16)5-22-4-7(15)3-14)24-12(17)11(10)25-26(19,20)21/h7-9,14-16,18H,3-6H2,1-2H3,(H2,19,20,21)/t7?,8-,9+/m0/s1. The quantitative estimate of drug-likeness (QED) is 0.161. The van der Waals surface area contributed by atoms with Crippen LogP contribution in [-0.4, -0.2) is 86.5 Å². The molecule has 13 heteroatoms. The van der Waals surface area contributed by atoms with Gasteiger partial charge in [0, 0.05) is 0 Å². The van der Waals surface area contributed by atoms with Crippen LogP contribution < -0.4 is 0 Å². The number of esters is 1. The fourth-order valence-corrected chi connectivity index (χ4v) is 2.18. The Labute approximate surface area is 148 Å². The number of phosphoric ester groups is 1. The van der Waals surface area contributed by atoms with Crippen LogP contribution in [0.1, 0.15) is 13.8 Å². The molecule has 1 heterocycles. The van der Waals surface area contributed by atoms with Crippen LogP contribution in [0.3, 0.4) is 0 Å². The number of rotatable bonds is 11. The molecule has 0 saturated carbocycles. The summed E-state index contributed by atoms with van der Waals surface area (Å²) >= 11 is 0. The summed E-state index contributed by atoms with van der Waals surface area (Å²) in [7, 11) is -5.12. The lowest BCUT2D eigenvalue weighted by Gasteiger charge is -2.23. The second-order valence-corrected chi connectivity index (χ2v) is 7.31. The predicted molar refractivity (Wildman–Crippen MR) is 82.2 cm³/mol. The van der Waals surface area contributed by atoms with Crippen molar-refractivity contribution in [3.05, 3.63) is 11.5 Å². The van der Waals surface area contributed by atoms with Gasteiger partial charge in [-0.2, -0.15) is 0 Å². The van der Waals surface area contributed by atoms with Crippen molar-refractivity contribution in [2.45, 2.75) is 37.8 Å². The Kier molecular flexibility index (Phi) is 7.99. The number of phosphoric acid groups is 1. The average molecular weight is 402 g/mol. The van der Waals surface area contributed by atoms with Gasteiger partial charge in [-0.05, 0) is 13.8 Å². The van der Waals surface area contributed by atoms with Crippen LogP contribution in [0.15, 0.2) is 11.5 Å². The van der Waals surface area contributed by atoms with Crippen LogP contribution >= 0.6 is 7.82 Å². The van der Waals surface area contributed by atoms with Crippen molar-refractivity contribution in [2.75, 3.05) is 26.4 Å². The number of cyclic esters (lactones) is 1. The highest BCUT2D eigenvalue weighted by Crippen LogP contribution is 2.43. The van der Waals surface area contributed by atoms with E-state index in [1.165, 1.54) is 13.8 Å². The molecule has 0 aromatic heterocycles. The van der Waals surface area contributed by atoms with E-state index >= 15 is 0 Å². The molecule has 0 bridgehead atoms. The van der Waals surface area contributed by atoms with E-state index in [1.807, 2.05) is 0 Å². The summed E-state index contributed by atoms with van der Waals surface area (Å²) in [5.41, 5.74) is -1.37. The highest BCUT2D eigenvalue weighted by Gasteiger charge is 2.45. The van der Waals surface area contributed by atoms with Crippen LogP contribution in [0, 0.1) is 0 Å². The fourth-order valence-electron chi connectivity index (χ4n) is 1.77. The monoisotopic (exact) mass is 402 g/mol. The topological polar surface area (TPSA) is 192 Å². The molecule has 0 aliphatic carbocycles. The molecule has 0 aromatic rings. The Hall–Kier alpha value is -1.24. The molecular formula is C13H23O12P. The molecule has 3 atom stereocenters. The Morgan fingerprint density at radius 2 is 1.88 bits per heavy atom. The van der Waals surface area contributed by atoms with Gasteiger partial charge in [-0.25, -0.2) is 9.36 Å². The number of hydrogen-bond acceptors (Lipinski definition) is 10. The maximum atomic E-state index is 11.8. The summed E-state index contributed by atoms with van der Waals surface area (Å²) in [6.45, 7) is 1.01. The number of aliphatic hydroxyl groups excluding tert-OH is 3. The lowest BCUT2D eigenvalue weighted by molar-refractivity contribution is -0.149. The van der Waals surface area contributed by atoms with Gasteiger partial charge < -0.3 is 39.2 Å². The summed E-state index contributed by atoms with van der Waals surface area (Å²) < 4.78 is 30.2. The SMILES string of the molecule is CC(C)(O)COC1=C(OP(=O)(O)O)C(=O)O[C@@H]1[C@@H](O)COCC(O)CO. The van der Waals surface area contributed by atoms with Gasteiger partial charge in [0.1, 0.15) is 18.8 Å². The smallest absolute Gasteiger partial charge is 0.487 e. The van der Waals surface area contributed by atoms with Gasteiger partial charge in [0.2, 0.25) is 0 Å². The summed E-state index contributed by atoms with van der Waals surface area (Å²) in [4.78, 5) is 29.6. The third kappa shape index (κ3) is 7.56. The highest BCUT2D eigenvalue weighted by molar-refractivity contribution is 7.46. The molecule has 0 spiro atoms. The minimum absolute atomic E-state index is 0.316. The second kappa shape index (κ2) is 9.11. The molecule has 1 rings (SSSR count). The van der Waals surface area contributed by atoms with Crippen LogP contribution in [0.25, 0.3) is 0 Å². The normalized spacial score (nSPS) is 20.8. The molecule has 6 N–H and O–H groups in total. The zero-order valence-electron chi connectivity index (χ0n) is 14.1. The summed E-state index contributed by atoms with van der Waals surface area (Å²) in [5, 5.41) is 37.6. The van der Waals surface area contributed by atoms with E-state index in [2.05, 4.69) is 4.52 Å². The van der Waals surface area contributed by atoms with Crippen molar-refractivity contribution in [2.24, 2.45) is 0 Å². The number of aliphatic hydroxyl groups is 4. The molecule has 152 valence electrons. The Bertz CT molecular complexity index is 562. The zero-order chi connectivity index (χ0) is 20.1. The van der Waals surface area contributed by atoms with Gasteiger partial charge in [0.25, 0.3) is 5.76 Å². The molecule has 26 heavy (non-hydrogen) atoms. The largest absolute Gasteiger partial charge is 0.525 e. The van der Waals surface area contributed by atoms with E-state index in [0.29, 0.717) is 0 Å². The molecule has 0 aromatic carbocycles. The van der Waals surface area contributed by atoms with Gasteiger partial charge in [-0.3, -0.25) is 9.79 Å². The van der Waals surface area contributed by atoms with Crippen molar-refractivity contribution in [3.8, 4) is 0 Å². The third-order valence-corrected chi connectivity index (χ3v) is 3.27. The molecule has 0 fully saturated rings. The molecule has 0 radical (unpaired) electrons. The van der Waals surface area contributed by atoms with Gasteiger partial charge in [0.05, 0.1) is 25.4 Å². The van der Waals surface area contributed by atoms with Crippen LogP contribution in [-0.2, 0) is 28.1 Å². The molecule has 1 aliphatic rings. The first kappa shape index (κ1) is 22.8. The fraction of sp³-hybridized carbons (Fsp3) is 0.769. The first-order valence-corrected chi connectivity index (χ1v) is 8.97. The molecular weight excluding hydrogens is 379 g/mol. The maximum absolute atomic E-state index is 11.8. The summed E-state index contributed by atoms with van der Waals surface area (Å²) in [6, 6.07) is 0. The second-order valence-electron chi connectivity index (χ2n) is 6.14. The minimum atomic E-state index is -5.12. The van der Waals surface area contributed by atoms with Crippen molar-refractivity contribution in [1.29, 1.82) is 0 Å².